The predicted molar refractivity (Wildman–Crippen MR) is 108 cm³/mol. The van der Waals surface area contributed by atoms with Crippen molar-refractivity contribution >= 4 is 5.97 Å². The van der Waals surface area contributed by atoms with Crippen molar-refractivity contribution in [2.45, 2.75) is 44.4 Å². The third-order valence-corrected chi connectivity index (χ3v) is 6.35. The van der Waals surface area contributed by atoms with Crippen LogP contribution in [0.4, 0.5) is 0 Å². The zero-order valence-electron chi connectivity index (χ0n) is 15.9. The molecule has 1 aliphatic carbocycles. The van der Waals surface area contributed by atoms with Gasteiger partial charge in [0.05, 0.1) is 5.92 Å². The van der Waals surface area contributed by atoms with E-state index in [0.717, 1.165) is 51.6 Å². The van der Waals surface area contributed by atoms with Gasteiger partial charge in [-0.3, -0.25) is 4.79 Å². The van der Waals surface area contributed by atoms with Crippen LogP contribution >= 0.6 is 0 Å². The van der Waals surface area contributed by atoms with Crippen LogP contribution in [0.5, 0.6) is 0 Å². The number of piperidine rings is 1. The van der Waals surface area contributed by atoms with E-state index < -0.39 is 5.97 Å². The summed E-state index contributed by atoms with van der Waals surface area (Å²) < 4.78 is 0. The number of aliphatic carboxylic acids is 1. The van der Waals surface area contributed by atoms with Gasteiger partial charge < -0.3 is 10.0 Å². The van der Waals surface area contributed by atoms with Gasteiger partial charge >= 0.3 is 5.97 Å². The Morgan fingerprint density at radius 1 is 1.00 bits per heavy atom. The number of carbonyl (C=O) groups is 1. The number of fused-ring (bicyclic) bond motifs is 2. The summed E-state index contributed by atoms with van der Waals surface area (Å²) in [4.78, 5) is 13.7. The number of nitrogens with zero attached hydrogens (tertiary/aromatic N) is 1. The summed E-state index contributed by atoms with van der Waals surface area (Å²) >= 11 is 0. The zero-order chi connectivity index (χ0) is 18.6. The fourth-order valence-electron chi connectivity index (χ4n) is 4.93. The maximum Gasteiger partial charge on any atom is 0.307 e. The van der Waals surface area contributed by atoms with Crippen LogP contribution in [0.3, 0.4) is 0 Å². The lowest BCUT2D eigenvalue weighted by Crippen LogP contribution is -2.39. The number of hydrogen-bond acceptors (Lipinski definition) is 2. The third-order valence-electron chi connectivity index (χ3n) is 6.35. The lowest BCUT2D eigenvalue weighted by molar-refractivity contribution is -0.143. The smallest absolute Gasteiger partial charge is 0.307 e. The molecule has 2 aromatic rings. The summed E-state index contributed by atoms with van der Waals surface area (Å²) in [6, 6.07) is 17.8. The normalized spacial score (nSPS) is 20.5. The Morgan fingerprint density at radius 3 is 2.26 bits per heavy atom. The largest absolute Gasteiger partial charge is 0.481 e. The Morgan fingerprint density at radius 2 is 1.63 bits per heavy atom. The van der Waals surface area contributed by atoms with Crippen molar-refractivity contribution in [2.24, 2.45) is 5.92 Å². The van der Waals surface area contributed by atoms with Crippen LogP contribution in [-0.4, -0.2) is 35.6 Å². The molecule has 142 valence electrons. The van der Waals surface area contributed by atoms with Gasteiger partial charge in [-0.2, -0.15) is 0 Å². The highest BCUT2D eigenvalue weighted by Crippen LogP contribution is 2.37. The Kier molecular flexibility index (Phi) is 5.58. The SMILES string of the molecule is O=C(O)[C@@H]1CCCN(CCCC2c3ccccc3CCc3ccccc32)C1. The molecule has 0 unspecified atom stereocenters. The van der Waals surface area contributed by atoms with E-state index in [2.05, 4.69) is 53.4 Å². The van der Waals surface area contributed by atoms with E-state index in [1.165, 1.54) is 22.3 Å². The molecule has 4 rings (SSSR count). The van der Waals surface area contributed by atoms with Crippen molar-refractivity contribution in [2.75, 3.05) is 19.6 Å². The molecule has 2 aliphatic rings. The first-order chi connectivity index (χ1) is 13.2. The lowest BCUT2D eigenvalue weighted by Gasteiger charge is -2.31. The van der Waals surface area contributed by atoms with Crippen LogP contribution < -0.4 is 0 Å². The summed E-state index contributed by atoms with van der Waals surface area (Å²) in [6.07, 6.45) is 6.31. The lowest BCUT2D eigenvalue weighted by atomic mass is 9.84. The molecule has 0 spiro atoms. The molecule has 3 nitrogen and oxygen atoms in total. The average Bonchev–Trinajstić information content (AvgIpc) is 2.86. The minimum Gasteiger partial charge on any atom is -0.481 e. The number of carboxylic acid groups (broad SMARTS) is 1. The molecule has 0 amide bonds. The second-order valence-electron chi connectivity index (χ2n) is 8.07. The maximum absolute atomic E-state index is 11.3. The van der Waals surface area contributed by atoms with Crippen molar-refractivity contribution in [3.63, 3.8) is 0 Å². The van der Waals surface area contributed by atoms with Crippen LogP contribution in [0.1, 0.15) is 53.9 Å². The second-order valence-corrected chi connectivity index (χ2v) is 8.07. The highest BCUT2D eigenvalue weighted by molar-refractivity contribution is 5.70. The van der Waals surface area contributed by atoms with E-state index in [0.29, 0.717) is 12.5 Å². The van der Waals surface area contributed by atoms with Crippen LogP contribution in [-0.2, 0) is 17.6 Å². The number of aryl methyl sites for hydroxylation is 2. The molecule has 1 fully saturated rings. The Labute approximate surface area is 162 Å². The highest BCUT2D eigenvalue weighted by atomic mass is 16.4. The molecule has 0 aromatic heterocycles. The van der Waals surface area contributed by atoms with Crippen molar-refractivity contribution in [1.29, 1.82) is 0 Å². The van der Waals surface area contributed by atoms with Crippen molar-refractivity contribution in [3.8, 4) is 0 Å². The van der Waals surface area contributed by atoms with E-state index in [9.17, 15) is 9.90 Å². The van der Waals surface area contributed by atoms with E-state index >= 15 is 0 Å². The van der Waals surface area contributed by atoms with Gasteiger partial charge in [-0.1, -0.05) is 48.5 Å². The van der Waals surface area contributed by atoms with E-state index in [1.807, 2.05) is 0 Å². The third kappa shape index (κ3) is 4.08. The fraction of sp³-hybridized carbons (Fsp3) is 0.458. The molecule has 1 heterocycles. The Bertz CT molecular complexity index is 753. The summed E-state index contributed by atoms with van der Waals surface area (Å²) in [5.74, 6) is -0.357. The standard InChI is InChI=1S/C24H29NO2/c26-24(27)20-9-5-15-25(17-20)16-6-12-23-21-10-3-1-7-18(21)13-14-19-8-2-4-11-22(19)23/h1-4,7-8,10-11,20,23H,5-6,9,12-17H2,(H,26,27)/t20-/m1/s1. The minimum atomic E-state index is -0.633. The summed E-state index contributed by atoms with van der Waals surface area (Å²) in [5.41, 5.74) is 5.96. The number of rotatable bonds is 5. The van der Waals surface area contributed by atoms with Crippen molar-refractivity contribution in [3.05, 3.63) is 70.8 Å². The first-order valence-electron chi connectivity index (χ1n) is 10.3. The Hall–Kier alpha value is -2.13. The summed E-state index contributed by atoms with van der Waals surface area (Å²) in [6.45, 7) is 2.76. The molecular formula is C24H29NO2. The van der Waals surface area contributed by atoms with E-state index in [4.69, 9.17) is 0 Å². The molecular weight excluding hydrogens is 334 g/mol. The zero-order valence-corrected chi connectivity index (χ0v) is 15.9. The number of benzene rings is 2. The van der Waals surface area contributed by atoms with Crippen LogP contribution in [0.15, 0.2) is 48.5 Å². The monoisotopic (exact) mass is 363 g/mol. The van der Waals surface area contributed by atoms with Gasteiger partial charge in [0.1, 0.15) is 0 Å². The molecule has 2 aromatic carbocycles. The fourth-order valence-corrected chi connectivity index (χ4v) is 4.93. The van der Waals surface area contributed by atoms with Gasteiger partial charge in [0.25, 0.3) is 0 Å². The first kappa shape index (κ1) is 18.2. The molecule has 27 heavy (non-hydrogen) atoms. The number of hydrogen-bond donors (Lipinski definition) is 1. The van der Waals surface area contributed by atoms with Gasteiger partial charge in [-0.25, -0.2) is 0 Å². The first-order valence-corrected chi connectivity index (χ1v) is 10.3. The summed E-state index contributed by atoms with van der Waals surface area (Å²) in [7, 11) is 0. The minimum absolute atomic E-state index is 0.182. The van der Waals surface area contributed by atoms with Gasteiger partial charge in [0.2, 0.25) is 0 Å². The molecule has 1 N–H and O–H groups in total. The Balaban J connectivity index is 1.47. The van der Waals surface area contributed by atoms with Gasteiger partial charge in [0, 0.05) is 12.5 Å². The average molecular weight is 364 g/mol. The molecule has 1 atom stereocenters. The topological polar surface area (TPSA) is 40.5 Å². The van der Waals surface area contributed by atoms with Gasteiger partial charge in [0.15, 0.2) is 0 Å². The molecule has 1 aliphatic heterocycles. The van der Waals surface area contributed by atoms with E-state index in [-0.39, 0.29) is 5.92 Å². The molecule has 1 saturated heterocycles. The summed E-state index contributed by atoms with van der Waals surface area (Å²) in [5, 5.41) is 9.31. The quantitative estimate of drug-likeness (QED) is 0.851. The van der Waals surface area contributed by atoms with Gasteiger partial charge in [-0.15, -0.1) is 0 Å². The molecule has 0 saturated carbocycles. The molecule has 0 bridgehead atoms. The van der Waals surface area contributed by atoms with Crippen LogP contribution in [0.25, 0.3) is 0 Å². The molecule has 0 radical (unpaired) electrons. The van der Waals surface area contributed by atoms with Crippen LogP contribution in [0, 0.1) is 5.92 Å². The van der Waals surface area contributed by atoms with E-state index in [1.54, 1.807) is 0 Å². The predicted octanol–water partition coefficient (Wildman–Crippen LogP) is 4.49. The molecule has 3 heteroatoms. The van der Waals surface area contributed by atoms with Crippen LogP contribution in [0.2, 0.25) is 0 Å². The van der Waals surface area contributed by atoms with Crippen molar-refractivity contribution in [1.82, 2.24) is 4.90 Å². The van der Waals surface area contributed by atoms with Crippen molar-refractivity contribution < 1.29 is 9.90 Å². The number of carboxylic acids is 1. The number of likely N-dealkylation sites (tertiary alicyclic amines) is 1. The van der Waals surface area contributed by atoms with Gasteiger partial charge in [-0.05, 0) is 73.9 Å². The highest BCUT2D eigenvalue weighted by Gasteiger charge is 2.26. The second kappa shape index (κ2) is 8.26. The maximum atomic E-state index is 11.3.